The molecule has 3 nitrogen and oxygen atoms in total. The number of nitrogens with zero attached hydrogens (tertiary/aromatic N) is 1. The molecular formula is C10H17NO2. The highest BCUT2D eigenvalue weighted by Crippen LogP contribution is 2.19. The third-order valence-electron chi connectivity index (χ3n) is 2.60. The van der Waals surface area contributed by atoms with Crippen molar-refractivity contribution in [3.8, 4) is 0 Å². The molecule has 74 valence electrons. The van der Waals surface area contributed by atoms with Crippen LogP contribution in [0.5, 0.6) is 0 Å². The van der Waals surface area contributed by atoms with Gasteiger partial charge in [-0.2, -0.15) is 0 Å². The Labute approximate surface area is 79.1 Å². The molecule has 1 saturated heterocycles. The first kappa shape index (κ1) is 10.2. The molecule has 1 aliphatic rings. The van der Waals surface area contributed by atoms with Crippen LogP contribution < -0.4 is 0 Å². The highest BCUT2D eigenvalue weighted by molar-refractivity contribution is 5.86. The summed E-state index contributed by atoms with van der Waals surface area (Å²) in [5, 5.41) is 0. The molecule has 0 aromatic carbocycles. The number of likely N-dealkylation sites (tertiary alicyclic amines) is 1. The average molecular weight is 183 g/mol. The van der Waals surface area contributed by atoms with Crippen molar-refractivity contribution in [2.75, 3.05) is 13.6 Å². The Balaban J connectivity index is 2.55. The molecular weight excluding hydrogens is 166 g/mol. The van der Waals surface area contributed by atoms with E-state index < -0.39 is 0 Å². The van der Waals surface area contributed by atoms with Crippen molar-refractivity contribution in [2.24, 2.45) is 11.8 Å². The summed E-state index contributed by atoms with van der Waals surface area (Å²) >= 11 is 0. The van der Waals surface area contributed by atoms with E-state index in [4.69, 9.17) is 0 Å². The van der Waals surface area contributed by atoms with Crippen LogP contribution in [0.3, 0.4) is 0 Å². The van der Waals surface area contributed by atoms with Crippen LogP contribution in [0.25, 0.3) is 0 Å². The third kappa shape index (κ3) is 2.29. The summed E-state index contributed by atoms with van der Waals surface area (Å²) in [4.78, 5) is 24.4. The Morgan fingerprint density at radius 3 is 2.62 bits per heavy atom. The van der Waals surface area contributed by atoms with Gasteiger partial charge < -0.3 is 4.90 Å². The van der Waals surface area contributed by atoms with Crippen LogP contribution >= 0.6 is 0 Å². The zero-order valence-corrected chi connectivity index (χ0v) is 8.54. The molecule has 1 rings (SSSR count). The summed E-state index contributed by atoms with van der Waals surface area (Å²) in [7, 11) is 1.77. The first-order valence-corrected chi connectivity index (χ1v) is 4.80. The molecule has 0 saturated carbocycles. The maximum Gasteiger partial charge on any atom is 0.222 e. The zero-order chi connectivity index (χ0) is 10.0. The number of carbonyl (C=O) groups excluding carboxylic acids is 2. The largest absolute Gasteiger partial charge is 0.345 e. The molecule has 13 heavy (non-hydrogen) atoms. The summed E-state index contributed by atoms with van der Waals surface area (Å²) < 4.78 is 0. The lowest BCUT2D eigenvalue weighted by Crippen LogP contribution is -2.41. The summed E-state index contributed by atoms with van der Waals surface area (Å²) in [5.74, 6) is 0.612. The van der Waals surface area contributed by atoms with Crippen molar-refractivity contribution in [1.82, 2.24) is 4.90 Å². The molecule has 1 unspecified atom stereocenters. The second-order valence-corrected chi connectivity index (χ2v) is 4.07. The van der Waals surface area contributed by atoms with Crippen LogP contribution in [-0.4, -0.2) is 30.2 Å². The number of piperidine rings is 1. The molecule has 3 heteroatoms. The second-order valence-electron chi connectivity index (χ2n) is 4.07. The molecule has 0 bridgehead atoms. The minimum Gasteiger partial charge on any atom is -0.345 e. The van der Waals surface area contributed by atoms with Crippen LogP contribution in [0.4, 0.5) is 0 Å². The number of Topliss-reactive ketones (excluding diaryl/α,β-unsaturated/α-hetero) is 1. The number of carbonyl (C=O) groups is 2. The van der Waals surface area contributed by atoms with Gasteiger partial charge >= 0.3 is 0 Å². The van der Waals surface area contributed by atoms with E-state index in [9.17, 15) is 9.59 Å². The quantitative estimate of drug-likeness (QED) is 0.642. The Kier molecular flexibility index (Phi) is 3.07. The molecule has 1 atom stereocenters. The fourth-order valence-electron chi connectivity index (χ4n) is 1.72. The number of rotatable bonds is 2. The lowest BCUT2D eigenvalue weighted by Gasteiger charge is -2.29. The van der Waals surface area contributed by atoms with Crippen molar-refractivity contribution >= 4 is 11.7 Å². The highest BCUT2D eigenvalue weighted by atomic mass is 16.2. The highest BCUT2D eigenvalue weighted by Gasteiger charge is 2.28. The molecule has 1 heterocycles. The standard InChI is InChI=1S/C10H17NO2/c1-7(2)10(13)8-4-5-9(12)11(3)6-8/h7-8H,4-6H2,1-3H3. The number of amides is 1. The normalized spacial score (nSPS) is 23.8. The van der Waals surface area contributed by atoms with Gasteiger partial charge in [-0.25, -0.2) is 0 Å². The fourth-order valence-corrected chi connectivity index (χ4v) is 1.72. The third-order valence-corrected chi connectivity index (χ3v) is 2.60. The predicted octanol–water partition coefficient (Wildman–Crippen LogP) is 1.08. The minimum absolute atomic E-state index is 0.0719. The fraction of sp³-hybridized carbons (Fsp3) is 0.800. The van der Waals surface area contributed by atoms with E-state index in [0.717, 1.165) is 6.42 Å². The number of hydrogen-bond acceptors (Lipinski definition) is 2. The van der Waals surface area contributed by atoms with Gasteiger partial charge in [-0.3, -0.25) is 9.59 Å². The molecule has 0 aromatic rings. The van der Waals surface area contributed by atoms with Gasteiger partial charge in [-0.1, -0.05) is 13.8 Å². The second kappa shape index (κ2) is 3.90. The molecule has 0 N–H and O–H groups in total. The van der Waals surface area contributed by atoms with E-state index in [1.54, 1.807) is 11.9 Å². The van der Waals surface area contributed by atoms with Gasteiger partial charge in [-0.15, -0.1) is 0 Å². The van der Waals surface area contributed by atoms with Crippen LogP contribution in [0.1, 0.15) is 26.7 Å². The van der Waals surface area contributed by atoms with Gasteiger partial charge in [0, 0.05) is 31.8 Å². The van der Waals surface area contributed by atoms with E-state index in [1.165, 1.54) is 0 Å². The van der Waals surface area contributed by atoms with Crippen LogP contribution in [0.15, 0.2) is 0 Å². The number of ketones is 1. The minimum atomic E-state index is 0.0719. The van der Waals surface area contributed by atoms with Crippen LogP contribution in [0, 0.1) is 11.8 Å². The van der Waals surface area contributed by atoms with Gasteiger partial charge in [-0.05, 0) is 6.42 Å². The van der Waals surface area contributed by atoms with Crippen LogP contribution in [0.2, 0.25) is 0 Å². The smallest absolute Gasteiger partial charge is 0.222 e. The Morgan fingerprint density at radius 1 is 1.54 bits per heavy atom. The van der Waals surface area contributed by atoms with Crippen LogP contribution in [-0.2, 0) is 9.59 Å². The topological polar surface area (TPSA) is 37.4 Å². The van der Waals surface area contributed by atoms with E-state index in [2.05, 4.69) is 0 Å². The Hall–Kier alpha value is -0.860. The Morgan fingerprint density at radius 2 is 2.15 bits per heavy atom. The van der Waals surface area contributed by atoms with Crippen molar-refractivity contribution in [2.45, 2.75) is 26.7 Å². The Bertz CT molecular complexity index is 223. The molecule has 0 aliphatic carbocycles. The monoisotopic (exact) mass is 183 g/mol. The SMILES string of the molecule is CC(C)C(=O)C1CCC(=O)N(C)C1. The first-order valence-electron chi connectivity index (χ1n) is 4.80. The van der Waals surface area contributed by atoms with Gasteiger partial charge in [0.15, 0.2) is 0 Å². The molecule has 1 aliphatic heterocycles. The van der Waals surface area contributed by atoms with Crippen molar-refractivity contribution in [1.29, 1.82) is 0 Å². The predicted molar refractivity (Wildman–Crippen MR) is 50.2 cm³/mol. The van der Waals surface area contributed by atoms with Crippen molar-refractivity contribution < 1.29 is 9.59 Å². The molecule has 0 spiro atoms. The number of hydrogen-bond donors (Lipinski definition) is 0. The zero-order valence-electron chi connectivity index (χ0n) is 8.54. The van der Waals surface area contributed by atoms with Gasteiger partial charge in [0.2, 0.25) is 5.91 Å². The summed E-state index contributed by atoms with van der Waals surface area (Å²) in [6, 6.07) is 0. The lowest BCUT2D eigenvalue weighted by molar-refractivity contribution is -0.137. The maximum atomic E-state index is 11.6. The summed E-state index contributed by atoms with van der Waals surface area (Å²) in [6.07, 6.45) is 1.26. The van der Waals surface area contributed by atoms with Gasteiger partial charge in [0.1, 0.15) is 5.78 Å². The average Bonchev–Trinajstić information content (AvgIpc) is 2.08. The van der Waals surface area contributed by atoms with Gasteiger partial charge in [0.25, 0.3) is 0 Å². The van der Waals surface area contributed by atoms with Crippen molar-refractivity contribution in [3.63, 3.8) is 0 Å². The lowest BCUT2D eigenvalue weighted by atomic mass is 9.88. The maximum absolute atomic E-state index is 11.6. The molecule has 1 fully saturated rings. The molecule has 0 radical (unpaired) electrons. The molecule has 1 amide bonds. The summed E-state index contributed by atoms with van der Waals surface area (Å²) in [5.41, 5.74) is 0. The van der Waals surface area contributed by atoms with E-state index in [0.29, 0.717) is 18.7 Å². The summed E-state index contributed by atoms with van der Waals surface area (Å²) in [6.45, 7) is 4.44. The first-order chi connectivity index (χ1) is 6.02. The van der Waals surface area contributed by atoms with E-state index in [1.807, 2.05) is 13.8 Å². The van der Waals surface area contributed by atoms with Crippen molar-refractivity contribution in [3.05, 3.63) is 0 Å². The van der Waals surface area contributed by atoms with E-state index in [-0.39, 0.29) is 17.7 Å². The molecule has 0 aromatic heterocycles. The van der Waals surface area contributed by atoms with E-state index >= 15 is 0 Å². The van der Waals surface area contributed by atoms with Gasteiger partial charge in [0.05, 0.1) is 0 Å².